The summed E-state index contributed by atoms with van der Waals surface area (Å²) >= 11 is 0. The molecule has 2 aromatic heterocycles. The molecule has 13 heteroatoms. The van der Waals surface area contributed by atoms with Crippen molar-refractivity contribution >= 4 is 40.4 Å². The number of hydrogen-bond acceptors (Lipinski definition) is 8. The van der Waals surface area contributed by atoms with E-state index in [1.54, 1.807) is 13.0 Å². The molecule has 2 amide bonds. The van der Waals surface area contributed by atoms with Crippen LogP contribution in [0.15, 0.2) is 33.6 Å². The van der Waals surface area contributed by atoms with E-state index in [-0.39, 0.29) is 28.7 Å². The average Bonchev–Trinajstić information content (AvgIpc) is 3.28. The zero-order valence-electron chi connectivity index (χ0n) is 21.3. The van der Waals surface area contributed by atoms with Crippen LogP contribution in [0.1, 0.15) is 62.5 Å². The Morgan fingerprint density at radius 2 is 1.84 bits per heavy atom. The number of fused-ring (bicyclic) bond motifs is 1. The maximum Gasteiger partial charge on any atom is 0.340 e. The van der Waals surface area contributed by atoms with Crippen molar-refractivity contribution in [2.45, 2.75) is 59.0 Å². The number of carbonyl (C=O) groups is 4. The molecule has 4 N–H and O–H groups in total. The van der Waals surface area contributed by atoms with Crippen LogP contribution in [0, 0.1) is 12.8 Å². The van der Waals surface area contributed by atoms with Gasteiger partial charge in [-0.05, 0) is 37.0 Å². The fourth-order valence-corrected chi connectivity index (χ4v) is 4.10. The molecular formula is C25H29N5O8. The van der Waals surface area contributed by atoms with Crippen LogP contribution in [0.4, 0.5) is 5.69 Å². The highest BCUT2D eigenvalue weighted by Gasteiger charge is 2.27. The lowest BCUT2D eigenvalue weighted by Gasteiger charge is -2.18. The number of benzene rings is 1. The van der Waals surface area contributed by atoms with Crippen molar-refractivity contribution in [2.24, 2.45) is 5.92 Å². The Bertz CT molecular complexity index is 1440. The molecule has 2 unspecified atom stereocenters. The van der Waals surface area contributed by atoms with Gasteiger partial charge in [-0.15, -0.1) is 5.10 Å². The Morgan fingerprint density at radius 3 is 2.45 bits per heavy atom. The van der Waals surface area contributed by atoms with Crippen LogP contribution in [0.3, 0.4) is 0 Å². The predicted molar refractivity (Wildman–Crippen MR) is 135 cm³/mol. The highest BCUT2D eigenvalue weighted by Crippen LogP contribution is 2.25. The first-order valence-electron chi connectivity index (χ1n) is 11.8. The van der Waals surface area contributed by atoms with Crippen molar-refractivity contribution in [1.82, 2.24) is 20.3 Å². The summed E-state index contributed by atoms with van der Waals surface area (Å²) < 4.78 is 6.41. The van der Waals surface area contributed by atoms with Gasteiger partial charge in [-0.1, -0.05) is 19.1 Å². The molecule has 0 aliphatic carbocycles. The fraction of sp³-hybridized carbons (Fsp3) is 0.400. The molecule has 0 aliphatic rings. The number of aliphatic carboxylic acids is 2. The normalized spacial score (nSPS) is 12.8. The molecule has 2 atom stereocenters. The molecule has 0 saturated carbocycles. The fourth-order valence-electron chi connectivity index (χ4n) is 4.10. The Labute approximate surface area is 216 Å². The van der Waals surface area contributed by atoms with Crippen LogP contribution in [-0.2, 0) is 25.6 Å². The van der Waals surface area contributed by atoms with Gasteiger partial charge < -0.3 is 25.3 Å². The van der Waals surface area contributed by atoms with Crippen molar-refractivity contribution in [2.75, 3.05) is 5.32 Å². The summed E-state index contributed by atoms with van der Waals surface area (Å²) in [5, 5.41) is 32.4. The molecule has 0 spiro atoms. The molecule has 13 nitrogen and oxygen atoms in total. The monoisotopic (exact) mass is 527 g/mol. The summed E-state index contributed by atoms with van der Waals surface area (Å²) in [5.41, 5.74) is 0.421. The summed E-state index contributed by atoms with van der Waals surface area (Å²) in [6, 6.07) is 2.75. The molecule has 2 heterocycles. The topological polar surface area (TPSA) is 194 Å². The SMILES string of the molecule is CC(=O)NC(CC(C)C)c1cn(C(CC(=O)O)C(=O)Nc2ccc3c(C)c(CC(=O)O)c(=O)oc3c2)nn1. The van der Waals surface area contributed by atoms with Gasteiger partial charge in [0.2, 0.25) is 11.8 Å². The zero-order valence-corrected chi connectivity index (χ0v) is 21.3. The van der Waals surface area contributed by atoms with E-state index in [1.165, 1.54) is 25.3 Å². The van der Waals surface area contributed by atoms with Crippen molar-refractivity contribution in [3.05, 3.63) is 51.6 Å². The number of nitrogens with one attached hydrogen (secondary N) is 2. The van der Waals surface area contributed by atoms with E-state index >= 15 is 0 Å². The number of carboxylic acids is 2. The molecule has 0 bridgehead atoms. The Balaban J connectivity index is 1.90. The smallest absolute Gasteiger partial charge is 0.340 e. The average molecular weight is 528 g/mol. The van der Waals surface area contributed by atoms with Gasteiger partial charge in [0.1, 0.15) is 17.3 Å². The van der Waals surface area contributed by atoms with Crippen molar-refractivity contribution in [1.29, 1.82) is 0 Å². The number of carbonyl (C=O) groups excluding carboxylic acids is 2. The highest BCUT2D eigenvalue weighted by atomic mass is 16.4. The van der Waals surface area contributed by atoms with Crippen molar-refractivity contribution in [3.8, 4) is 0 Å². The Morgan fingerprint density at radius 1 is 1.13 bits per heavy atom. The van der Waals surface area contributed by atoms with E-state index in [9.17, 15) is 29.1 Å². The van der Waals surface area contributed by atoms with Crippen LogP contribution in [0.25, 0.3) is 11.0 Å². The number of amides is 2. The third-order valence-corrected chi connectivity index (χ3v) is 5.84. The van der Waals surface area contributed by atoms with Gasteiger partial charge >= 0.3 is 17.6 Å². The first kappa shape index (κ1) is 28.0. The summed E-state index contributed by atoms with van der Waals surface area (Å²) in [4.78, 5) is 59.7. The van der Waals surface area contributed by atoms with Gasteiger partial charge in [0.25, 0.3) is 0 Å². The van der Waals surface area contributed by atoms with E-state index < -0.39 is 48.4 Å². The van der Waals surface area contributed by atoms with Gasteiger partial charge in [0.05, 0.1) is 30.6 Å². The second kappa shape index (κ2) is 11.7. The highest BCUT2D eigenvalue weighted by molar-refractivity contribution is 5.97. The number of rotatable bonds is 11. The third-order valence-electron chi connectivity index (χ3n) is 5.84. The van der Waals surface area contributed by atoms with E-state index in [1.807, 2.05) is 13.8 Å². The number of anilines is 1. The minimum Gasteiger partial charge on any atom is -0.481 e. The first-order chi connectivity index (χ1) is 17.8. The number of nitrogens with zero attached hydrogens (tertiary/aromatic N) is 3. The van der Waals surface area contributed by atoms with Crippen LogP contribution < -0.4 is 16.3 Å². The second-order valence-corrected chi connectivity index (χ2v) is 9.38. The van der Waals surface area contributed by atoms with Crippen molar-refractivity contribution < 1.29 is 33.8 Å². The van der Waals surface area contributed by atoms with E-state index in [0.29, 0.717) is 23.1 Å². The molecule has 0 saturated heterocycles. The van der Waals surface area contributed by atoms with E-state index in [4.69, 9.17) is 9.52 Å². The van der Waals surface area contributed by atoms with Crippen LogP contribution >= 0.6 is 0 Å². The lowest BCUT2D eigenvalue weighted by atomic mass is 10.0. The second-order valence-electron chi connectivity index (χ2n) is 9.38. The standard InChI is InChI=1S/C25H29N5O8/c1-12(2)7-18(26-14(4)31)19-11-30(29-28-19)20(10-23(34)35)24(36)27-15-5-6-16-13(3)17(9-22(32)33)25(37)38-21(16)8-15/h5-6,8,11-12,18,20H,7,9-10H2,1-4H3,(H,26,31)(H,27,36)(H,32,33)(H,34,35). The molecule has 0 aliphatic heterocycles. The van der Waals surface area contributed by atoms with Gasteiger partial charge in [0, 0.05) is 24.1 Å². The van der Waals surface area contributed by atoms with Gasteiger partial charge in [-0.25, -0.2) is 9.48 Å². The van der Waals surface area contributed by atoms with Crippen LogP contribution in [-0.4, -0.2) is 49.0 Å². The van der Waals surface area contributed by atoms with Crippen LogP contribution in [0.5, 0.6) is 0 Å². The summed E-state index contributed by atoms with van der Waals surface area (Å²) in [5.74, 6) is -3.17. The zero-order chi connectivity index (χ0) is 28.1. The van der Waals surface area contributed by atoms with Gasteiger partial charge in [-0.2, -0.15) is 0 Å². The van der Waals surface area contributed by atoms with Crippen LogP contribution in [0.2, 0.25) is 0 Å². The number of aromatic nitrogens is 3. The molecule has 1 aromatic carbocycles. The van der Waals surface area contributed by atoms with Crippen molar-refractivity contribution in [3.63, 3.8) is 0 Å². The number of aryl methyl sites for hydroxylation is 1. The molecule has 0 radical (unpaired) electrons. The lowest BCUT2D eigenvalue weighted by molar-refractivity contribution is -0.140. The molecular weight excluding hydrogens is 498 g/mol. The predicted octanol–water partition coefficient (Wildman–Crippen LogP) is 2.20. The lowest BCUT2D eigenvalue weighted by Crippen LogP contribution is -2.29. The summed E-state index contributed by atoms with van der Waals surface area (Å²) in [6.45, 7) is 6.92. The minimum atomic E-state index is -1.27. The minimum absolute atomic E-state index is 0.0281. The third kappa shape index (κ3) is 6.81. The summed E-state index contributed by atoms with van der Waals surface area (Å²) in [6.07, 6.45) is 0.913. The maximum absolute atomic E-state index is 13.1. The maximum atomic E-state index is 13.1. The van der Waals surface area contributed by atoms with Gasteiger partial charge in [0.15, 0.2) is 0 Å². The Hall–Kier alpha value is -4.55. The largest absolute Gasteiger partial charge is 0.481 e. The first-order valence-corrected chi connectivity index (χ1v) is 11.8. The Kier molecular flexibility index (Phi) is 8.61. The molecule has 0 fully saturated rings. The molecule has 3 aromatic rings. The molecule has 3 rings (SSSR count). The van der Waals surface area contributed by atoms with Gasteiger partial charge in [-0.3, -0.25) is 19.2 Å². The number of hydrogen-bond donors (Lipinski definition) is 4. The van der Waals surface area contributed by atoms with E-state index in [0.717, 1.165) is 4.68 Å². The van der Waals surface area contributed by atoms with E-state index in [2.05, 4.69) is 20.9 Å². The summed E-state index contributed by atoms with van der Waals surface area (Å²) in [7, 11) is 0. The number of carboxylic acid groups (broad SMARTS) is 2. The quantitative estimate of drug-likeness (QED) is 0.269. The molecule has 38 heavy (non-hydrogen) atoms. The molecule has 202 valence electrons.